The average molecular weight is 374 g/mol. The summed E-state index contributed by atoms with van der Waals surface area (Å²) in [5, 5.41) is 0.783. The maximum absolute atomic E-state index is 13.3. The maximum atomic E-state index is 13.3. The van der Waals surface area contributed by atoms with Crippen LogP contribution in [0.25, 0.3) is 22.2 Å². The van der Waals surface area contributed by atoms with Crippen LogP contribution < -0.4 is 0 Å². The number of fused-ring (bicyclic) bond motifs is 1. The number of rotatable bonds is 6. The Bertz CT molecular complexity index is 924. The monoisotopic (exact) mass is 374 g/mol. The summed E-state index contributed by atoms with van der Waals surface area (Å²) >= 11 is 0. The lowest BCUT2D eigenvalue weighted by molar-refractivity contribution is -0.137. The Balaban J connectivity index is 2.00. The van der Waals surface area contributed by atoms with Gasteiger partial charge in [0, 0.05) is 23.3 Å². The fourth-order valence-electron chi connectivity index (χ4n) is 3.01. The van der Waals surface area contributed by atoms with E-state index in [0.717, 1.165) is 31.0 Å². The van der Waals surface area contributed by atoms with Crippen molar-refractivity contribution in [2.24, 2.45) is 0 Å². The third kappa shape index (κ3) is 4.42. The summed E-state index contributed by atoms with van der Waals surface area (Å²) in [6, 6.07) is 7.34. The van der Waals surface area contributed by atoms with Crippen molar-refractivity contribution in [3.8, 4) is 11.3 Å². The van der Waals surface area contributed by atoms with Crippen molar-refractivity contribution < 1.29 is 13.2 Å². The van der Waals surface area contributed by atoms with E-state index in [1.54, 1.807) is 24.4 Å². The highest BCUT2D eigenvalue weighted by molar-refractivity contribution is 5.83. The van der Waals surface area contributed by atoms with Gasteiger partial charge in [0.2, 0.25) is 0 Å². The molecule has 0 saturated carbocycles. The standard InChI is InChI=1S/C20H21F3N4/c1-3-10-27(4-2)13-18-25-12-15-8-7-14(11-17(15)26-18)19-16(20(21,22)23)6-5-9-24-19/h5-9,11-12H,3-4,10,13H2,1-2H3. The third-order valence-corrected chi connectivity index (χ3v) is 4.37. The molecule has 0 bridgehead atoms. The molecule has 0 radical (unpaired) electrons. The van der Waals surface area contributed by atoms with Crippen molar-refractivity contribution in [3.05, 3.63) is 54.1 Å². The van der Waals surface area contributed by atoms with E-state index in [2.05, 4.69) is 33.7 Å². The number of benzene rings is 1. The lowest BCUT2D eigenvalue weighted by atomic mass is 10.0. The Morgan fingerprint density at radius 1 is 1.07 bits per heavy atom. The van der Waals surface area contributed by atoms with Crippen molar-refractivity contribution in [3.63, 3.8) is 0 Å². The number of halogens is 3. The smallest absolute Gasteiger partial charge is 0.296 e. The summed E-state index contributed by atoms with van der Waals surface area (Å²) < 4.78 is 39.9. The van der Waals surface area contributed by atoms with Gasteiger partial charge in [-0.15, -0.1) is 0 Å². The SMILES string of the molecule is CCCN(CC)Cc1ncc2ccc(-c3ncccc3C(F)(F)F)cc2n1. The lowest BCUT2D eigenvalue weighted by Crippen LogP contribution is -2.24. The van der Waals surface area contributed by atoms with Crippen molar-refractivity contribution in [2.75, 3.05) is 13.1 Å². The lowest BCUT2D eigenvalue weighted by Gasteiger charge is -2.18. The van der Waals surface area contributed by atoms with Gasteiger partial charge in [-0.25, -0.2) is 9.97 Å². The van der Waals surface area contributed by atoms with Crippen LogP contribution in [0.5, 0.6) is 0 Å². The molecule has 3 aromatic rings. The zero-order valence-corrected chi connectivity index (χ0v) is 15.3. The molecule has 7 heteroatoms. The van der Waals surface area contributed by atoms with E-state index in [0.29, 0.717) is 23.4 Å². The van der Waals surface area contributed by atoms with E-state index in [1.165, 1.54) is 12.3 Å². The van der Waals surface area contributed by atoms with E-state index in [1.807, 2.05) is 0 Å². The molecule has 27 heavy (non-hydrogen) atoms. The van der Waals surface area contributed by atoms with Gasteiger partial charge in [0.15, 0.2) is 0 Å². The first-order valence-electron chi connectivity index (χ1n) is 8.93. The molecule has 3 rings (SSSR count). The number of hydrogen-bond donors (Lipinski definition) is 0. The molecule has 0 fully saturated rings. The average Bonchev–Trinajstić information content (AvgIpc) is 2.66. The Morgan fingerprint density at radius 3 is 2.59 bits per heavy atom. The Hall–Kier alpha value is -2.54. The second-order valence-corrected chi connectivity index (χ2v) is 6.33. The minimum Gasteiger partial charge on any atom is -0.296 e. The first-order chi connectivity index (χ1) is 12.9. The molecule has 0 unspecified atom stereocenters. The van der Waals surface area contributed by atoms with Gasteiger partial charge in [-0.3, -0.25) is 9.88 Å². The molecule has 2 aromatic heterocycles. The van der Waals surface area contributed by atoms with E-state index >= 15 is 0 Å². The third-order valence-electron chi connectivity index (χ3n) is 4.37. The highest BCUT2D eigenvalue weighted by Crippen LogP contribution is 2.36. The van der Waals surface area contributed by atoms with Gasteiger partial charge < -0.3 is 0 Å². The zero-order chi connectivity index (χ0) is 19.4. The van der Waals surface area contributed by atoms with Crippen LogP contribution in [0.2, 0.25) is 0 Å². The molecule has 0 N–H and O–H groups in total. The quantitative estimate of drug-likeness (QED) is 0.613. The van der Waals surface area contributed by atoms with Crippen molar-refractivity contribution in [1.82, 2.24) is 19.9 Å². The molecule has 0 aliphatic carbocycles. The summed E-state index contributed by atoms with van der Waals surface area (Å²) in [4.78, 5) is 15.1. The van der Waals surface area contributed by atoms with Crippen molar-refractivity contribution in [1.29, 1.82) is 0 Å². The Labute approximate surface area is 156 Å². The molecule has 0 aliphatic heterocycles. The molecule has 2 heterocycles. The predicted molar refractivity (Wildman–Crippen MR) is 99.0 cm³/mol. The number of nitrogens with zero attached hydrogens (tertiary/aromatic N) is 4. The van der Waals surface area contributed by atoms with Crippen LogP contribution in [-0.2, 0) is 12.7 Å². The number of pyridine rings is 1. The fourth-order valence-corrected chi connectivity index (χ4v) is 3.01. The number of hydrogen-bond acceptors (Lipinski definition) is 4. The summed E-state index contributed by atoms with van der Waals surface area (Å²) in [5.41, 5.74) is 0.164. The second-order valence-electron chi connectivity index (χ2n) is 6.33. The summed E-state index contributed by atoms with van der Waals surface area (Å²) in [7, 11) is 0. The maximum Gasteiger partial charge on any atom is 0.418 e. The minimum absolute atomic E-state index is 0.0896. The first kappa shape index (κ1) is 19.2. The minimum atomic E-state index is -4.46. The highest BCUT2D eigenvalue weighted by Gasteiger charge is 2.34. The van der Waals surface area contributed by atoms with Crippen molar-refractivity contribution in [2.45, 2.75) is 33.0 Å². The Morgan fingerprint density at radius 2 is 1.89 bits per heavy atom. The van der Waals surface area contributed by atoms with Crippen LogP contribution in [0.4, 0.5) is 13.2 Å². The first-order valence-corrected chi connectivity index (χ1v) is 8.93. The number of aromatic nitrogens is 3. The van der Waals surface area contributed by atoms with Gasteiger partial charge in [0.25, 0.3) is 0 Å². The van der Waals surface area contributed by atoms with Gasteiger partial charge in [0.05, 0.1) is 23.3 Å². The van der Waals surface area contributed by atoms with Gasteiger partial charge >= 0.3 is 6.18 Å². The summed E-state index contributed by atoms with van der Waals surface area (Å²) in [5.74, 6) is 0.659. The van der Waals surface area contributed by atoms with Crippen LogP contribution in [0.15, 0.2) is 42.7 Å². The second kappa shape index (κ2) is 8.00. The molecule has 142 valence electrons. The van der Waals surface area contributed by atoms with Gasteiger partial charge in [0.1, 0.15) is 5.82 Å². The van der Waals surface area contributed by atoms with E-state index in [-0.39, 0.29) is 5.69 Å². The largest absolute Gasteiger partial charge is 0.418 e. The van der Waals surface area contributed by atoms with Crippen LogP contribution in [0, 0.1) is 0 Å². The van der Waals surface area contributed by atoms with E-state index in [4.69, 9.17) is 0 Å². The van der Waals surface area contributed by atoms with Gasteiger partial charge in [-0.05, 0) is 37.7 Å². The predicted octanol–water partition coefficient (Wildman–Crippen LogP) is 4.94. The van der Waals surface area contributed by atoms with Gasteiger partial charge in [-0.2, -0.15) is 13.2 Å². The van der Waals surface area contributed by atoms with E-state index < -0.39 is 11.7 Å². The fraction of sp³-hybridized carbons (Fsp3) is 0.350. The van der Waals surface area contributed by atoms with Crippen molar-refractivity contribution >= 4 is 10.9 Å². The zero-order valence-electron chi connectivity index (χ0n) is 15.3. The molecule has 0 aliphatic rings. The highest BCUT2D eigenvalue weighted by atomic mass is 19.4. The summed E-state index contributed by atoms with van der Waals surface area (Å²) in [6.45, 7) is 6.64. The normalized spacial score (nSPS) is 12.1. The molecular weight excluding hydrogens is 353 g/mol. The molecule has 0 saturated heterocycles. The topological polar surface area (TPSA) is 41.9 Å². The van der Waals surface area contributed by atoms with Crippen LogP contribution in [0.1, 0.15) is 31.7 Å². The van der Waals surface area contributed by atoms with Crippen LogP contribution in [-0.4, -0.2) is 32.9 Å². The van der Waals surface area contributed by atoms with Gasteiger partial charge in [-0.1, -0.05) is 26.0 Å². The van der Waals surface area contributed by atoms with E-state index in [9.17, 15) is 13.2 Å². The molecule has 4 nitrogen and oxygen atoms in total. The molecule has 1 aromatic carbocycles. The molecular formula is C20H21F3N4. The molecule has 0 atom stereocenters. The Kier molecular flexibility index (Phi) is 5.70. The molecule has 0 amide bonds. The van der Waals surface area contributed by atoms with Crippen LogP contribution >= 0.6 is 0 Å². The summed E-state index contributed by atoms with van der Waals surface area (Å²) in [6.07, 6.45) is -0.350. The molecule has 0 spiro atoms. The van der Waals surface area contributed by atoms with Crippen LogP contribution in [0.3, 0.4) is 0 Å². The number of alkyl halides is 3.